The number of nitrogens with zero attached hydrogens (tertiary/aromatic N) is 6. The predicted molar refractivity (Wildman–Crippen MR) is 160 cm³/mol. The number of alkyl halides is 3. The van der Waals surface area contributed by atoms with Gasteiger partial charge >= 0.3 is 6.18 Å². The van der Waals surface area contributed by atoms with Crippen molar-refractivity contribution in [3.8, 4) is 11.3 Å². The number of nitrogens with one attached hydrogen (secondary N) is 1. The summed E-state index contributed by atoms with van der Waals surface area (Å²) in [5, 5.41) is 6.55. The van der Waals surface area contributed by atoms with Crippen LogP contribution in [0.25, 0.3) is 11.3 Å². The van der Waals surface area contributed by atoms with Crippen LogP contribution in [0, 0.1) is 5.92 Å². The van der Waals surface area contributed by atoms with E-state index < -0.39 is 23.8 Å². The molecule has 1 saturated heterocycles. The van der Waals surface area contributed by atoms with Gasteiger partial charge in [0.05, 0.1) is 34.1 Å². The lowest BCUT2D eigenvalue weighted by molar-refractivity contribution is -0.141. The van der Waals surface area contributed by atoms with Gasteiger partial charge < -0.3 is 25.4 Å². The van der Waals surface area contributed by atoms with E-state index in [0.29, 0.717) is 38.6 Å². The Bertz CT molecular complexity index is 1540. The molecule has 11 nitrogen and oxygen atoms in total. The Hall–Kier alpha value is -3.62. The van der Waals surface area contributed by atoms with Crippen molar-refractivity contribution in [2.75, 3.05) is 31.5 Å². The second-order valence-electron chi connectivity index (χ2n) is 11.0. The topological polar surface area (TPSA) is 131 Å². The smallest absolute Gasteiger partial charge is 0.338 e. The monoisotopic (exact) mass is 656 g/mol. The fourth-order valence-corrected chi connectivity index (χ4v) is 5.53. The first kappa shape index (κ1) is 33.3. The molecule has 44 heavy (non-hydrogen) atoms. The number of carbonyl (C=O) groups is 3. The van der Waals surface area contributed by atoms with Crippen LogP contribution >= 0.6 is 24.0 Å². The van der Waals surface area contributed by atoms with Crippen molar-refractivity contribution in [1.82, 2.24) is 29.1 Å². The van der Waals surface area contributed by atoms with E-state index in [0.717, 1.165) is 19.3 Å². The molecule has 3 heterocycles. The van der Waals surface area contributed by atoms with Gasteiger partial charge in [0, 0.05) is 51.7 Å². The number of halogens is 5. The molecule has 16 heteroatoms. The van der Waals surface area contributed by atoms with E-state index in [1.807, 2.05) is 0 Å². The Kier molecular flexibility index (Phi) is 9.96. The highest BCUT2D eigenvalue weighted by atomic mass is 35.5. The summed E-state index contributed by atoms with van der Waals surface area (Å²) in [6.07, 6.45) is 0.859. The van der Waals surface area contributed by atoms with Gasteiger partial charge in [-0.15, -0.1) is 12.4 Å². The van der Waals surface area contributed by atoms with Crippen LogP contribution in [-0.4, -0.2) is 79.1 Å². The minimum absolute atomic E-state index is 0. The van der Waals surface area contributed by atoms with Crippen LogP contribution in [0.1, 0.15) is 52.9 Å². The number of anilines is 1. The molecule has 2 fully saturated rings. The van der Waals surface area contributed by atoms with Gasteiger partial charge in [-0.3, -0.25) is 19.1 Å². The number of benzene rings is 1. The quantitative estimate of drug-likeness (QED) is 0.394. The molecule has 1 atom stereocenters. The van der Waals surface area contributed by atoms with Crippen molar-refractivity contribution in [3.05, 3.63) is 52.7 Å². The standard InChI is InChI=1S/C28H32ClF3N8O3.ClH/c1-16(33)26(42)38-8-10-39(11-9-38)27(43)19-7-6-18(12-21(19)29)35-25(41)24-34-13-22(37(24)2)20-15-40(14-17-4-3-5-17)36-23(20)28(30,31)32;/h6-7,12-13,15-17H,3-5,8-11,14,33H2,1-2H3,(H,35,41);1H/t16-;/m0./s1. The van der Waals surface area contributed by atoms with Crippen molar-refractivity contribution >= 4 is 47.4 Å². The molecular weight excluding hydrogens is 624 g/mol. The van der Waals surface area contributed by atoms with E-state index in [9.17, 15) is 27.6 Å². The van der Waals surface area contributed by atoms with Gasteiger partial charge in [-0.25, -0.2) is 4.98 Å². The number of hydrogen-bond donors (Lipinski definition) is 2. The SMILES string of the molecule is C[C@H](N)C(=O)N1CCN(C(=O)c2ccc(NC(=O)c3ncc(-c4cn(CC5CCC5)nc4C(F)(F)F)n3C)cc2Cl)CC1.Cl. The number of amides is 3. The zero-order valence-electron chi connectivity index (χ0n) is 24.1. The average molecular weight is 658 g/mol. The number of carbonyl (C=O) groups excluding carboxylic acids is 3. The Morgan fingerprint density at radius 1 is 1.14 bits per heavy atom. The highest BCUT2D eigenvalue weighted by Gasteiger charge is 2.39. The summed E-state index contributed by atoms with van der Waals surface area (Å²) >= 11 is 6.41. The molecule has 1 saturated carbocycles. The minimum atomic E-state index is -4.68. The number of imidazole rings is 1. The summed E-state index contributed by atoms with van der Waals surface area (Å²) in [6.45, 7) is 3.37. The molecule has 0 radical (unpaired) electrons. The van der Waals surface area contributed by atoms with Gasteiger partial charge in [0.1, 0.15) is 0 Å². The fraction of sp³-hybridized carbons (Fsp3) is 0.464. The molecule has 3 N–H and O–H groups in total. The summed E-state index contributed by atoms with van der Waals surface area (Å²) in [4.78, 5) is 45.5. The summed E-state index contributed by atoms with van der Waals surface area (Å²) in [7, 11) is 1.46. The van der Waals surface area contributed by atoms with Gasteiger partial charge in [-0.05, 0) is 43.9 Å². The summed E-state index contributed by atoms with van der Waals surface area (Å²) in [5.41, 5.74) is 5.07. The first-order valence-electron chi connectivity index (χ1n) is 13.9. The van der Waals surface area contributed by atoms with Gasteiger partial charge in [0.2, 0.25) is 5.91 Å². The maximum Gasteiger partial charge on any atom is 0.435 e. The van der Waals surface area contributed by atoms with Crippen molar-refractivity contribution < 1.29 is 27.6 Å². The lowest BCUT2D eigenvalue weighted by Crippen LogP contribution is -2.53. The van der Waals surface area contributed by atoms with E-state index in [-0.39, 0.29) is 57.6 Å². The molecule has 1 aromatic carbocycles. The maximum atomic E-state index is 13.8. The van der Waals surface area contributed by atoms with Crippen LogP contribution in [0.5, 0.6) is 0 Å². The molecule has 1 aliphatic heterocycles. The van der Waals surface area contributed by atoms with Gasteiger partial charge in [-0.1, -0.05) is 18.0 Å². The zero-order chi connectivity index (χ0) is 31.1. The largest absolute Gasteiger partial charge is 0.435 e. The van der Waals surface area contributed by atoms with E-state index >= 15 is 0 Å². The van der Waals surface area contributed by atoms with Crippen LogP contribution in [0.15, 0.2) is 30.6 Å². The molecule has 3 amide bonds. The second kappa shape index (κ2) is 13.2. The zero-order valence-corrected chi connectivity index (χ0v) is 25.7. The molecule has 238 valence electrons. The highest BCUT2D eigenvalue weighted by Crippen LogP contribution is 2.37. The van der Waals surface area contributed by atoms with E-state index in [1.54, 1.807) is 16.7 Å². The molecule has 0 bridgehead atoms. The average Bonchev–Trinajstić information content (AvgIpc) is 3.53. The van der Waals surface area contributed by atoms with Crippen LogP contribution in [0.3, 0.4) is 0 Å². The van der Waals surface area contributed by atoms with Gasteiger partial charge in [0.15, 0.2) is 11.5 Å². The fourth-order valence-electron chi connectivity index (χ4n) is 5.26. The van der Waals surface area contributed by atoms with Crippen LogP contribution in [-0.2, 0) is 24.6 Å². The van der Waals surface area contributed by atoms with E-state index in [4.69, 9.17) is 17.3 Å². The third-order valence-electron chi connectivity index (χ3n) is 7.89. The number of nitrogens with two attached hydrogens (primary N) is 1. The Morgan fingerprint density at radius 2 is 1.80 bits per heavy atom. The highest BCUT2D eigenvalue weighted by molar-refractivity contribution is 6.34. The molecule has 5 rings (SSSR count). The van der Waals surface area contributed by atoms with Crippen molar-refractivity contribution in [2.45, 2.75) is 44.9 Å². The van der Waals surface area contributed by atoms with E-state index in [2.05, 4.69) is 15.4 Å². The third kappa shape index (κ3) is 6.87. The first-order valence-corrected chi connectivity index (χ1v) is 14.3. The van der Waals surface area contributed by atoms with Crippen LogP contribution < -0.4 is 11.1 Å². The van der Waals surface area contributed by atoms with Gasteiger partial charge in [-0.2, -0.15) is 18.3 Å². The van der Waals surface area contributed by atoms with Gasteiger partial charge in [0.25, 0.3) is 11.8 Å². The lowest BCUT2D eigenvalue weighted by atomic mass is 9.85. The normalized spacial score (nSPS) is 16.2. The van der Waals surface area contributed by atoms with Crippen molar-refractivity contribution in [1.29, 1.82) is 0 Å². The minimum Gasteiger partial charge on any atom is -0.338 e. The van der Waals surface area contributed by atoms with E-state index in [1.165, 1.54) is 46.9 Å². The molecule has 3 aromatic rings. The summed E-state index contributed by atoms with van der Waals surface area (Å²) < 4.78 is 44.1. The summed E-state index contributed by atoms with van der Waals surface area (Å²) in [5.74, 6) is -0.983. The predicted octanol–water partition coefficient (Wildman–Crippen LogP) is 4.06. The van der Waals surface area contributed by atoms with Crippen molar-refractivity contribution in [3.63, 3.8) is 0 Å². The Labute approximate surface area is 262 Å². The maximum absolute atomic E-state index is 13.8. The molecule has 0 unspecified atom stereocenters. The number of hydrogen-bond acceptors (Lipinski definition) is 6. The van der Waals surface area contributed by atoms with Crippen molar-refractivity contribution in [2.24, 2.45) is 18.7 Å². The second-order valence-corrected chi connectivity index (χ2v) is 11.4. The van der Waals surface area contributed by atoms with Crippen LogP contribution in [0.2, 0.25) is 5.02 Å². The molecule has 0 spiro atoms. The molecular formula is C28H33Cl2F3N8O3. The third-order valence-corrected chi connectivity index (χ3v) is 8.21. The Balaban J connectivity index is 0.00000442. The number of rotatable bonds is 7. The first-order chi connectivity index (χ1) is 20.3. The number of piperazine rings is 1. The lowest BCUT2D eigenvalue weighted by Gasteiger charge is -2.35. The number of aromatic nitrogens is 4. The summed E-state index contributed by atoms with van der Waals surface area (Å²) in [6, 6.07) is 3.78. The molecule has 2 aromatic heterocycles. The molecule has 1 aliphatic carbocycles. The van der Waals surface area contributed by atoms with Crippen LogP contribution in [0.4, 0.5) is 18.9 Å². The molecule has 2 aliphatic rings. The Morgan fingerprint density at radius 3 is 2.36 bits per heavy atom.